The van der Waals surface area contributed by atoms with Crippen LogP contribution >= 0.6 is 11.3 Å². The Hall–Kier alpha value is -2.52. The lowest BCUT2D eigenvalue weighted by Crippen LogP contribution is -2.41. The van der Waals surface area contributed by atoms with Gasteiger partial charge in [0.05, 0.1) is 23.4 Å². The number of nitrogens with zero attached hydrogens (tertiary/aromatic N) is 3. The first-order valence-corrected chi connectivity index (χ1v) is 11.6. The molecule has 2 aromatic heterocycles. The number of carbonyl (C=O) groups is 1. The summed E-state index contributed by atoms with van der Waals surface area (Å²) in [5.41, 5.74) is -0.112. The maximum absolute atomic E-state index is 13.5. The van der Waals surface area contributed by atoms with E-state index in [1.54, 1.807) is 29.2 Å². The van der Waals surface area contributed by atoms with E-state index in [0.29, 0.717) is 23.7 Å². The normalized spacial score (nSPS) is 18.4. The van der Waals surface area contributed by atoms with Crippen molar-refractivity contribution in [3.8, 4) is 0 Å². The Morgan fingerprint density at radius 2 is 2.00 bits per heavy atom. The van der Waals surface area contributed by atoms with Crippen LogP contribution in [0.3, 0.4) is 0 Å². The third-order valence-corrected chi connectivity index (χ3v) is 7.59. The van der Waals surface area contributed by atoms with Crippen molar-refractivity contribution >= 4 is 37.9 Å². The van der Waals surface area contributed by atoms with E-state index in [4.69, 9.17) is 0 Å². The van der Waals surface area contributed by atoms with Gasteiger partial charge in [-0.1, -0.05) is 24.3 Å². The van der Waals surface area contributed by atoms with Gasteiger partial charge >= 0.3 is 0 Å². The van der Waals surface area contributed by atoms with Gasteiger partial charge < -0.3 is 4.90 Å². The molecule has 0 radical (unpaired) electrons. The Morgan fingerprint density at radius 3 is 2.64 bits per heavy atom. The molecule has 1 saturated heterocycles. The number of rotatable bonds is 4. The van der Waals surface area contributed by atoms with Gasteiger partial charge in [-0.25, -0.2) is 13.1 Å². The molecule has 1 aromatic carbocycles. The summed E-state index contributed by atoms with van der Waals surface area (Å²) in [7, 11) is -1.65. The Kier molecular flexibility index (Phi) is 4.80. The Morgan fingerprint density at radius 1 is 1.25 bits per heavy atom. The van der Waals surface area contributed by atoms with Gasteiger partial charge in [0.2, 0.25) is 0 Å². The van der Waals surface area contributed by atoms with Crippen molar-refractivity contribution in [2.45, 2.75) is 19.0 Å². The highest BCUT2D eigenvalue weighted by Gasteiger charge is 2.36. The molecule has 3 aromatic rings. The zero-order chi connectivity index (χ0) is 19.9. The van der Waals surface area contributed by atoms with E-state index in [-0.39, 0.29) is 28.7 Å². The van der Waals surface area contributed by atoms with Crippen LogP contribution in [0.15, 0.2) is 46.6 Å². The molecule has 1 aliphatic heterocycles. The molecule has 1 amide bonds. The summed E-state index contributed by atoms with van der Waals surface area (Å²) in [5, 5.41) is 7.04. The summed E-state index contributed by atoms with van der Waals surface area (Å²) >= 11 is 1.51. The smallest absolute Gasteiger partial charge is 0.275 e. The second-order valence-electron chi connectivity index (χ2n) is 6.89. The molecule has 7 nitrogen and oxygen atoms in total. The lowest BCUT2D eigenvalue weighted by Gasteiger charge is -2.28. The number of fused-ring (bicyclic) bond motifs is 1. The second-order valence-corrected chi connectivity index (χ2v) is 10.2. The summed E-state index contributed by atoms with van der Waals surface area (Å²) in [6, 6.07) is 10.3. The highest BCUT2D eigenvalue weighted by molar-refractivity contribution is 7.91. The monoisotopic (exact) mass is 417 g/mol. The van der Waals surface area contributed by atoms with Crippen LogP contribution in [-0.4, -0.2) is 46.6 Å². The number of hydrogen-bond acceptors (Lipinski definition) is 6. The molecule has 1 atom stereocenters. The molecule has 1 aliphatic rings. The third kappa shape index (κ3) is 3.47. The van der Waals surface area contributed by atoms with Crippen LogP contribution in [0.2, 0.25) is 0 Å². The lowest BCUT2D eigenvalue weighted by atomic mass is 10.1. The fourth-order valence-corrected chi connectivity index (χ4v) is 5.99. The standard InChI is InChI=1S/C19H19N3O4S2/c1-21-18(23)16-7-3-2-6-15(16)17(20-21)19(24)22(11-14-5-4-9-27-14)13-8-10-28(25,26)12-13/h2-7,9,13H,8,10-12H2,1H3/t13-/m1/s1. The molecule has 3 heterocycles. The quantitative estimate of drug-likeness (QED) is 0.646. The SMILES string of the molecule is Cn1nc(C(=O)N(Cc2cccs2)[C@@H]2CCS(=O)(=O)C2)c2ccccc2c1=O. The van der Waals surface area contributed by atoms with Crippen LogP contribution in [0.5, 0.6) is 0 Å². The van der Waals surface area contributed by atoms with E-state index in [1.165, 1.54) is 18.4 Å². The van der Waals surface area contributed by atoms with E-state index in [2.05, 4.69) is 5.10 Å². The van der Waals surface area contributed by atoms with E-state index in [0.717, 1.165) is 9.56 Å². The number of benzene rings is 1. The summed E-state index contributed by atoms with van der Waals surface area (Å²) in [6.45, 7) is 0.315. The topological polar surface area (TPSA) is 89.3 Å². The van der Waals surface area contributed by atoms with Crippen LogP contribution in [0, 0.1) is 0 Å². The minimum Gasteiger partial charge on any atom is -0.328 e. The zero-order valence-corrected chi connectivity index (χ0v) is 16.9. The van der Waals surface area contributed by atoms with Crippen LogP contribution in [-0.2, 0) is 23.4 Å². The van der Waals surface area contributed by atoms with Crippen LogP contribution < -0.4 is 5.56 Å². The first kappa shape index (κ1) is 18.8. The molecule has 0 spiro atoms. The highest BCUT2D eigenvalue weighted by Crippen LogP contribution is 2.25. The minimum atomic E-state index is -3.16. The number of thiophene rings is 1. The van der Waals surface area contributed by atoms with Gasteiger partial charge in [-0.2, -0.15) is 5.10 Å². The average Bonchev–Trinajstić information content (AvgIpc) is 3.31. The number of aromatic nitrogens is 2. The number of amides is 1. The molecule has 0 N–H and O–H groups in total. The first-order chi connectivity index (χ1) is 13.4. The molecule has 146 valence electrons. The molecule has 0 unspecified atom stereocenters. The third-order valence-electron chi connectivity index (χ3n) is 4.98. The molecule has 4 rings (SSSR count). The average molecular weight is 418 g/mol. The molecular weight excluding hydrogens is 398 g/mol. The van der Waals surface area contributed by atoms with E-state index < -0.39 is 15.9 Å². The number of sulfone groups is 1. The van der Waals surface area contributed by atoms with Crippen LogP contribution in [0.4, 0.5) is 0 Å². The molecule has 1 fully saturated rings. The predicted octanol–water partition coefficient (Wildman–Crippen LogP) is 1.82. The fourth-order valence-electron chi connectivity index (χ4n) is 3.55. The number of carbonyl (C=O) groups excluding carboxylic acids is 1. The first-order valence-electron chi connectivity index (χ1n) is 8.85. The number of hydrogen-bond donors (Lipinski definition) is 0. The summed E-state index contributed by atoms with van der Waals surface area (Å²) in [5.74, 6) is -0.330. The van der Waals surface area contributed by atoms with Gasteiger partial charge in [-0.15, -0.1) is 11.3 Å². The minimum absolute atomic E-state index is 0.0478. The highest BCUT2D eigenvalue weighted by atomic mass is 32.2. The van der Waals surface area contributed by atoms with Crippen molar-refractivity contribution in [1.29, 1.82) is 0 Å². The summed E-state index contributed by atoms with van der Waals surface area (Å²) in [4.78, 5) is 28.4. The Labute approximate surface area is 166 Å². The van der Waals surface area contributed by atoms with Crippen molar-refractivity contribution < 1.29 is 13.2 Å². The van der Waals surface area contributed by atoms with E-state index in [1.807, 2.05) is 17.5 Å². The maximum Gasteiger partial charge on any atom is 0.275 e. The fraction of sp³-hybridized carbons (Fsp3) is 0.316. The van der Waals surface area contributed by atoms with Gasteiger partial charge in [0.25, 0.3) is 11.5 Å². The predicted molar refractivity (Wildman–Crippen MR) is 108 cm³/mol. The van der Waals surface area contributed by atoms with E-state index in [9.17, 15) is 18.0 Å². The lowest BCUT2D eigenvalue weighted by molar-refractivity contribution is 0.0676. The Bertz CT molecular complexity index is 1200. The number of aryl methyl sites for hydroxylation is 1. The zero-order valence-electron chi connectivity index (χ0n) is 15.2. The van der Waals surface area contributed by atoms with E-state index >= 15 is 0 Å². The van der Waals surface area contributed by atoms with Crippen molar-refractivity contribution in [2.24, 2.45) is 7.05 Å². The van der Waals surface area contributed by atoms with Crippen molar-refractivity contribution in [3.63, 3.8) is 0 Å². The van der Waals surface area contributed by atoms with Gasteiger partial charge in [0.1, 0.15) is 0 Å². The van der Waals surface area contributed by atoms with Gasteiger partial charge in [0, 0.05) is 23.4 Å². The van der Waals surface area contributed by atoms with Gasteiger partial charge in [-0.3, -0.25) is 9.59 Å². The molecule has 0 aliphatic carbocycles. The Balaban J connectivity index is 1.81. The summed E-state index contributed by atoms with van der Waals surface area (Å²) < 4.78 is 25.2. The largest absolute Gasteiger partial charge is 0.328 e. The molecule has 0 saturated carbocycles. The molecule has 0 bridgehead atoms. The van der Waals surface area contributed by atoms with Crippen molar-refractivity contribution in [2.75, 3.05) is 11.5 Å². The van der Waals surface area contributed by atoms with Crippen molar-refractivity contribution in [3.05, 3.63) is 62.7 Å². The van der Waals surface area contributed by atoms with Crippen LogP contribution in [0.1, 0.15) is 21.8 Å². The molecule has 28 heavy (non-hydrogen) atoms. The van der Waals surface area contributed by atoms with Gasteiger partial charge in [-0.05, 0) is 23.9 Å². The summed E-state index contributed by atoms with van der Waals surface area (Å²) in [6.07, 6.45) is 0.406. The maximum atomic E-state index is 13.5. The second kappa shape index (κ2) is 7.14. The molecule has 9 heteroatoms. The van der Waals surface area contributed by atoms with Gasteiger partial charge in [0.15, 0.2) is 15.5 Å². The molecular formula is C19H19N3O4S2. The van der Waals surface area contributed by atoms with Crippen molar-refractivity contribution in [1.82, 2.24) is 14.7 Å². The van der Waals surface area contributed by atoms with Crippen LogP contribution in [0.25, 0.3) is 10.8 Å².